The Labute approximate surface area is 168 Å². The smallest absolute Gasteiger partial charge is 0.374 e. The molecule has 2 rings (SSSR count). The van der Waals surface area contributed by atoms with Crippen LogP contribution in [0.25, 0.3) is 0 Å². The minimum absolute atomic E-state index is 0. The Hall–Kier alpha value is -1.04. The van der Waals surface area contributed by atoms with Crippen molar-refractivity contribution in [1.29, 1.82) is 0 Å². The molecule has 1 unspecified atom stereocenters. The number of nitrogens with zero attached hydrogens (tertiary/aromatic N) is 3. The first-order valence-corrected chi connectivity index (χ1v) is 8.59. The second-order valence-electron chi connectivity index (χ2n) is 6.36. The van der Waals surface area contributed by atoms with Gasteiger partial charge in [0.2, 0.25) is 5.60 Å². The van der Waals surface area contributed by atoms with Gasteiger partial charge in [-0.15, -0.1) is 24.0 Å². The van der Waals surface area contributed by atoms with Crippen molar-refractivity contribution < 1.29 is 18.3 Å². The van der Waals surface area contributed by atoms with E-state index in [9.17, 15) is 18.3 Å². The first-order valence-electron chi connectivity index (χ1n) is 8.59. The average Bonchev–Trinajstić information content (AvgIpc) is 3.17. The lowest BCUT2D eigenvalue weighted by atomic mass is 9.98. The number of imidazole rings is 1. The van der Waals surface area contributed by atoms with E-state index in [1.807, 2.05) is 6.92 Å². The Morgan fingerprint density at radius 2 is 2.04 bits per heavy atom. The Kier molecular flexibility index (Phi) is 8.64. The largest absolute Gasteiger partial charge is 0.424 e. The van der Waals surface area contributed by atoms with E-state index in [1.165, 1.54) is 24.0 Å². The van der Waals surface area contributed by atoms with Crippen molar-refractivity contribution in [3.8, 4) is 0 Å². The molecule has 1 aliphatic rings. The Morgan fingerprint density at radius 1 is 1.38 bits per heavy atom. The molecule has 1 heterocycles. The van der Waals surface area contributed by atoms with Gasteiger partial charge in [0.1, 0.15) is 5.82 Å². The van der Waals surface area contributed by atoms with E-state index in [-0.39, 0.29) is 30.5 Å². The summed E-state index contributed by atoms with van der Waals surface area (Å²) in [5, 5.41) is 16.6. The maximum Gasteiger partial charge on any atom is 0.424 e. The molecule has 1 atom stereocenters. The molecule has 0 spiro atoms. The molecule has 6 nitrogen and oxygen atoms in total. The molecular formula is C16H27F3IN5O. The summed E-state index contributed by atoms with van der Waals surface area (Å²) in [5.41, 5.74) is -3.03. The third kappa shape index (κ3) is 5.48. The third-order valence-corrected chi connectivity index (χ3v) is 4.44. The number of nitrogens with one attached hydrogen (secondary N) is 2. The lowest BCUT2D eigenvalue weighted by molar-refractivity contribution is -0.272. The highest BCUT2D eigenvalue weighted by Crippen LogP contribution is 2.40. The van der Waals surface area contributed by atoms with Crippen LogP contribution in [0.1, 0.15) is 44.9 Å². The summed E-state index contributed by atoms with van der Waals surface area (Å²) in [7, 11) is 1.42. The standard InChI is InChI=1S/C16H26F3N5O.HI/c1-3-20-14(23-12-6-4-5-7-12)22-9-8-15(25,16(17,18)19)13-21-10-11-24(13)2;/h10-12,25H,3-9H2,1-2H3,(H2,20,22,23);1H. The maximum absolute atomic E-state index is 13.5. The summed E-state index contributed by atoms with van der Waals surface area (Å²) in [6.07, 6.45) is 1.53. The number of aromatic nitrogens is 2. The highest BCUT2D eigenvalue weighted by atomic mass is 127. The predicted molar refractivity (Wildman–Crippen MR) is 105 cm³/mol. The van der Waals surface area contributed by atoms with Gasteiger partial charge < -0.3 is 20.3 Å². The van der Waals surface area contributed by atoms with Gasteiger partial charge in [0.25, 0.3) is 0 Å². The van der Waals surface area contributed by atoms with E-state index < -0.39 is 24.0 Å². The average molecular weight is 489 g/mol. The molecule has 0 bridgehead atoms. The second kappa shape index (κ2) is 9.77. The van der Waals surface area contributed by atoms with Crippen LogP contribution >= 0.6 is 24.0 Å². The quantitative estimate of drug-likeness (QED) is 0.327. The van der Waals surface area contributed by atoms with Crippen molar-refractivity contribution in [2.24, 2.45) is 12.0 Å². The normalized spacial score (nSPS) is 18.3. The molecule has 3 N–H and O–H groups in total. The monoisotopic (exact) mass is 489 g/mol. The number of aliphatic hydroxyl groups is 1. The summed E-state index contributed by atoms with van der Waals surface area (Å²) < 4.78 is 41.6. The predicted octanol–water partition coefficient (Wildman–Crippen LogP) is 2.68. The lowest BCUT2D eigenvalue weighted by Crippen LogP contribution is -2.46. The summed E-state index contributed by atoms with van der Waals surface area (Å²) in [4.78, 5) is 7.90. The molecule has 1 fully saturated rings. The fraction of sp³-hybridized carbons (Fsp3) is 0.750. The third-order valence-electron chi connectivity index (χ3n) is 4.44. The number of alkyl halides is 3. The van der Waals surface area contributed by atoms with Crippen LogP contribution in [0.5, 0.6) is 0 Å². The summed E-state index contributed by atoms with van der Waals surface area (Å²) in [6, 6.07) is 0.300. The molecule has 0 aliphatic heterocycles. The van der Waals surface area contributed by atoms with Crippen LogP contribution in [0.2, 0.25) is 0 Å². The van der Waals surface area contributed by atoms with E-state index in [0.717, 1.165) is 25.7 Å². The van der Waals surface area contributed by atoms with Crippen LogP contribution in [0, 0.1) is 0 Å². The summed E-state index contributed by atoms with van der Waals surface area (Å²) in [6.45, 7) is 2.33. The molecule has 1 aromatic heterocycles. The summed E-state index contributed by atoms with van der Waals surface area (Å²) >= 11 is 0. The van der Waals surface area contributed by atoms with Crippen LogP contribution in [0.3, 0.4) is 0 Å². The number of halogens is 4. The maximum atomic E-state index is 13.5. The van der Waals surface area contributed by atoms with Gasteiger partial charge in [-0.1, -0.05) is 12.8 Å². The lowest BCUT2D eigenvalue weighted by Gasteiger charge is -2.29. The molecule has 0 saturated heterocycles. The number of rotatable bonds is 6. The van der Waals surface area contributed by atoms with Gasteiger partial charge in [-0.25, -0.2) is 4.98 Å². The van der Waals surface area contributed by atoms with E-state index in [0.29, 0.717) is 18.5 Å². The highest BCUT2D eigenvalue weighted by molar-refractivity contribution is 14.0. The van der Waals surface area contributed by atoms with Crippen molar-refractivity contribution in [3.05, 3.63) is 18.2 Å². The van der Waals surface area contributed by atoms with E-state index >= 15 is 0 Å². The van der Waals surface area contributed by atoms with Crippen molar-refractivity contribution in [1.82, 2.24) is 20.2 Å². The van der Waals surface area contributed by atoms with Gasteiger partial charge in [0, 0.05) is 45.0 Å². The second-order valence-corrected chi connectivity index (χ2v) is 6.36. The van der Waals surface area contributed by atoms with Gasteiger partial charge in [0.15, 0.2) is 5.96 Å². The highest BCUT2D eigenvalue weighted by Gasteiger charge is 2.57. The number of hydrogen-bond donors (Lipinski definition) is 3. The van der Waals surface area contributed by atoms with Gasteiger partial charge >= 0.3 is 6.18 Å². The molecule has 150 valence electrons. The molecule has 1 saturated carbocycles. The van der Waals surface area contributed by atoms with Gasteiger partial charge in [-0.2, -0.15) is 13.2 Å². The SMILES string of the molecule is CCNC(=NCCC(O)(c1nccn1C)C(F)(F)F)NC1CCCC1.I. The zero-order valence-corrected chi connectivity index (χ0v) is 17.3. The van der Waals surface area contributed by atoms with Crippen LogP contribution < -0.4 is 10.6 Å². The van der Waals surface area contributed by atoms with E-state index in [4.69, 9.17) is 0 Å². The fourth-order valence-electron chi connectivity index (χ4n) is 3.06. The van der Waals surface area contributed by atoms with Crippen LogP contribution in [-0.2, 0) is 12.6 Å². The molecule has 0 radical (unpaired) electrons. The summed E-state index contributed by atoms with van der Waals surface area (Å²) in [5.74, 6) is 0.0581. The zero-order chi connectivity index (χ0) is 18.5. The first kappa shape index (κ1) is 23.0. The van der Waals surface area contributed by atoms with Gasteiger partial charge in [-0.3, -0.25) is 4.99 Å². The van der Waals surface area contributed by atoms with Gasteiger partial charge in [0.05, 0.1) is 0 Å². The van der Waals surface area contributed by atoms with Crippen molar-refractivity contribution in [2.45, 2.75) is 56.8 Å². The molecular weight excluding hydrogens is 462 g/mol. The Bertz CT molecular complexity index is 587. The number of aliphatic imine (C=N–C) groups is 1. The molecule has 1 aliphatic carbocycles. The van der Waals surface area contributed by atoms with E-state index in [2.05, 4.69) is 20.6 Å². The van der Waals surface area contributed by atoms with Crippen LogP contribution in [0.4, 0.5) is 13.2 Å². The Balaban J connectivity index is 0.00000338. The minimum atomic E-state index is -4.83. The van der Waals surface area contributed by atoms with Crippen molar-refractivity contribution in [3.63, 3.8) is 0 Å². The molecule has 0 aromatic carbocycles. The topological polar surface area (TPSA) is 74.5 Å². The molecule has 0 amide bonds. The number of guanidine groups is 1. The van der Waals surface area contributed by atoms with Crippen molar-refractivity contribution in [2.75, 3.05) is 13.1 Å². The van der Waals surface area contributed by atoms with Crippen LogP contribution in [0.15, 0.2) is 17.4 Å². The van der Waals surface area contributed by atoms with E-state index in [1.54, 1.807) is 0 Å². The number of hydrogen-bond acceptors (Lipinski definition) is 3. The first-order chi connectivity index (χ1) is 11.8. The minimum Gasteiger partial charge on any atom is -0.374 e. The number of aryl methyl sites for hydroxylation is 1. The zero-order valence-electron chi connectivity index (χ0n) is 15.0. The molecule has 1 aromatic rings. The molecule has 26 heavy (non-hydrogen) atoms. The molecule has 10 heteroatoms. The van der Waals surface area contributed by atoms with Crippen molar-refractivity contribution >= 4 is 29.9 Å². The van der Waals surface area contributed by atoms with Crippen LogP contribution in [-0.4, -0.2) is 45.9 Å². The van der Waals surface area contributed by atoms with Gasteiger partial charge in [-0.05, 0) is 19.8 Å². The fourth-order valence-corrected chi connectivity index (χ4v) is 3.06. The Morgan fingerprint density at radius 3 is 2.54 bits per heavy atom.